The van der Waals surface area contributed by atoms with Gasteiger partial charge in [-0.15, -0.1) is 0 Å². The van der Waals surface area contributed by atoms with Crippen molar-refractivity contribution in [3.63, 3.8) is 0 Å². The third-order valence-corrected chi connectivity index (χ3v) is 7.74. The van der Waals surface area contributed by atoms with E-state index in [4.69, 9.17) is 15.7 Å². The maximum atomic E-state index is 14.1. The van der Waals surface area contributed by atoms with Crippen LogP contribution in [0.1, 0.15) is 59.9 Å². The highest BCUT2D eigenvalue weighted by Crippen LogP contribution is 2.22. The molecule has 1 heterocycles. The third kappa shape index (κ3) is 9.81. The Morgan fingerprint density at radius 1 is 0.957 bits per heavy atom. The lowest BCUT2D eigenvalue weighted by Crippen LogP contribution is -2.59. The van der Waals surface area contributed by atoms with E-state index in [1.165, 1.54) is 13.8 Å². The van der Waals surface area contributed by atoms with Crippen LogP contribution in [0.3, 0.4) is 0 Å². The summed E-state index contributed by atoms with van der Waals surface area (Å²) in [6.07, 6.45) is -4.66. The molecule has 0 aromatic heterocycles. The Bertz CT molecular complexity index is 1760. The molecule has 9 nitrogen and oxygen atoms in total. The van der Waals surface area contributed by atoms with Crippen LogP contribution in [0.15, 0.2) is 78.9 Å². The van der Waals surface area contributed by atoms with Crippen LogP contribution < -0.4 is 20.7 Å². The van der Waals surface area contributed by atoms with Gasteiger partial charge in [0.1, 0.15) is 11.8 Å². The van der Waals surface area contributed by atoms with Gasteiger partial charge in [-0.2, -0.15) is 0 Å². The molecular formula is C37H48N4O5. The first-order valence-corrected chi connectivity index (χ1v) is 15.3. The summed E-state index contributed by atoms with van der Waals surface area (Å²) in [4.78, 5) is 41.3. The fourth-order valence-electron chi connectivity index (χ4n) is 5.44. The van der Waals surface area contributed by atoms with E-state index in [1.807, 2.05) is 5.32 Å². The standard InChI is InChI=1S/C37H48N4O5/c1-25(2)34(41-20-12-19-38-37(41)45)36(44)39-30(21-28-15-7-5-8-16-28)23-32(42)31(22-29-17-9-6-10-18-29)40-33(43)24-46-35-26(3)13-11-14-27(35)4/h5-11,13-18,25,30-32,34,42H,12,19-24H2,1-4H3,(H,38,45)(H,39,44)(H,40,43)/t30-,31-,32-,34-/m0/s1/i12D2,19D2,20D2,24D2. The van der Waals surface area contributed by atoms with Gasteiger partial charge in [0.2, 0.25) is 5.91 Å². The van der Waals surface area contributed by atoms with Crippen molar-refractivity contribution in [2.24, 2.45) is 5.92 Å². The van der Waals surface area contributed by atoms with Crippen molar-refractivity contribution in [3.8, 4) is 5.75 Å². The first kappa shape index (κ1) is 24.8. The molecule has 1 saturated heterocycles. The molecule has 0 spiro atoms. The Kier molecular flexibility index (Phi) is 9.06. The number of amides is 4. The first-order valence-electron chi connectivity index (χ1n) is 19.3. The summed E-state index contributed by atoms with van der Waals surface area (Å²) >= 11 is 0. The van der Waals surface area contributed by atoms with Crippen molar-refractivity contribution in [1.29, 1.82) is 0 Å². The van der Waals surface area contributed by atoms with E-state index in [9.17, 15) is 19.5 Å². The zero-order valence-electron chi connectivity index (χ0n) is 34.5. The minimum absolute atomic E-state index is 0.0685. The number of aliphatic hydroxyl groups excluding tert-OH is 1. The maximum Gasteiger partial charge on any atom is 0.318 e. The second-order valence-corrected chi connectivity index (χ2v) is 11.7. The van der Waals surface area contributed by atoms with Gasteiger partial charge >= 0.3 is 6.03 Å². The molecule has 1 aliphatic heterocycles. The molecule has 0 saturated carbocycles. The van der Waals surface area contributed by atoms with E-state index in [-0.39, 0.29) is 25.0 Å². The molecule has 3 aromatic carbocycles. The second kappa shape index (κ2) is 16.8. The quantitative estimate of drug-likeness (QED) is 0.198. The summed E-state index contributed by atoms with van der Waals surface area (Å²) in [5.41, 5.74) is 2.70. The summed E-state index contributed by atoms with van der Waals surface area (Å²) in [7, 11) is 0. The molecule has 1 aliphatic rings. The fraction of sp³-hybridized carbons (Fsp3) is 0.432. The summed E-state index contributed by atoms with van der Waals surface area (Å²) in [5, 5.41) is 19.1. The number of hydrogen-bond acceptors (Lipinski definition) is 5. The minimum atomic E-state index is -3.27. The maximum absolute atomic E-state index is 14.1. The molecule has 4 N–H and O–H groups in total. The molecule has 4 amide bonds. The lowest BCUT2D eigenvalue weighted by Gasteiger charge is -2.37. The predicted octanol–water partition coefficient (Wildman–Crippen LogP) is 4.33. The Labute approximate surface area is 284 Å². The summed E-state index contributed by atoms with van der Waals surface area (Å²) in [6.45, 7) is -2.67. The summed E-state index contributed by atoms with van der Waals surface area (Å²) in [6, 6.07) is 18.2. The second-order valence-electron chi connectivity index (χ2n) is 11.7. The van der Waals surface area contributed by atoms with Gasteiger partial charge in [0.15, 0.2) is 6.56 Å². The number of carbonyl (C=O) groups excluding carboxylic acids is 3. The summed E-state index contributed by atoms with van der Waals surface area (Å²) < 4.78 is 72.2. The average Bonchev–Trinajstić information content (AvgIpc) is 3.08. The minimum Gasteiger partial charge on any atom is -0.483 e. The zero-order valence-corrected chi connectivity index (χ0v) is 26.5. The van der Waals surface area contributed by atoms with Crippen LogP contribution in [0.4, 0.5) is 4.79 Å². The van der Waals surface area contributed by atoms with Gasteiger partial charge in [-0.1, -0.05) is 92.7 Å². The predicted molar refractivity (Wildman–Crippen MR) is 180 cm³/mol. The number of nitrogens with zero attached hydrogens (tertiary/aromatic N) is 1. The first-order chi connectivity index (χ1) is 25.1. The van der Waals surface area contributed by atoms with Crippen molar-refractivity contribution in [3.05, 3.63) is 101 Å². The van der Waals surface area contributed by atoms with Crippen LogP contribution in [0.25, 0.3) is 0 Å². The van der Waals surface area contributed by atoms with Crippen LogP contribution >= 0.6 is 0 Å². The molecule has 3 aromatic rings. The van der Waals surface area contributed by atoms with Gasteiger partial charge in [-0.3, -0.25) is 9.59 Å². The van der Waals surface area contributed by atoms with Gasteiger partial charge in [-0.25, -0.2) is 4.79 Å². The number of hydrogen-bond donors (Lipinski definition) is 4. The monoisotopic (exact) mass is 636 g/mol. The number of nitrogens with one attached hydrogen (secondary N) is 3. The fourth-order valence-corrected chi connectivity index (χ4v) is 5.44. The molecular weight excluding hydrogens is 580 g/mol. The van der Waals surface area contributed by atoms with Crippen LogP contribution in [-0.2, 0) is 22.4 Å². The number of ether oxygens (including phenoxy) is 1. The number of rotatable bonds is 15. The van der Waals surface area contributed by atoms with Crippen LogP contribution in [0.5, 0.6) is 5.75 Å². The van der Waals surface area contributed by atoms with Crippen molar-refractivity contribution in [2.45, 2.75) is 77.6 Å². The molecule has 0 unspecified atom stereocenters. The number of carbonyl (C=O) groups is 3. The third-order valence-electron chi connectivity index (χ3n) is 7.74. The zero-order chi connectivity index (χ0) is 40.2. The molecule has 4 rings (SSSR count). The van der Waals surface area contributed by atoms with Gasteiger partial charge < -0.3 is 30.7 Å². The van der Waals surface area contributed by atoms with Crippen LogP contribution in [-0.4, -0.2) is 71.6 Å². The largest absolute Gasteiger partial charge is 0.483 e. The number of aliphatic hydroxyl groups is 1. The van der Waals surface area contributed by atoms with E-state index < -0.39 is 73.9 Å². The lowest BCUT2D eigenvalue weighted by atomic mass is 9.92. The van der Waals surface area contributed by atoms with Crippen molar-refractivity contribution >= 4 is 17.8 Å². The molecule has 0 bridgehead atoms. The van der Waals surface area contributed by atoms with Gasteiger partial charge in [0, 0.05) is 27.3 Å². The smallest absolute Gasteiger partial charge is 0.318 e. The van der Waals surface area contributed by atoms with E-state index in [0.717, 1.165) is 5.56 Å². The van der Waals surface area contributed by atoms with E-state index in [1.54, 1.807) is 92.7 Å². The molecule has 0 radical (unpaired) electrons. The highest BCUT2D eigenvalue weighted by Gasteiger charge is 2.35. The van der Waals surface area contributed by atoms with Gasteiger partial charge in [0.05, 0.1) is 14.9 Å². The van der Waals surface area contributed by atoms with Crippen LogP contribution in [0.2, 0.25) is 0 Å². The van der Waals surface area contributed by atoms with E-state index in [2.05, 4.69) is 10.6 Å². The molecule has 0 aliphatic carbocycles. The SMILES string of the molecule is [2H]C([2H])(Oc1c(C)cccc1C)C(=O)N[C@@H](Cc1ccccc1)[C@@H](O)C[C@H](Cc1ccccc1)NC(=O)[C@H](C(C)C)N1C(=O)NC([2H])([2H])C([2H])([2H])C1([2H])[2H]. The van der Waals surface area contributed by atoms with E-state index in [0.29, 0.717) is 21.6 Å². The van der Waals surface area contributed by atoms with Crippen molar-refractivity contribution in [1.82, 2.24) is 20.9 Å². The number of benzene rings is 3. The molecule has 246 valence electrons. The highest BCUT2D eigenvalue weighted by molar-refractivity contribution is 5.87. The van der Waals surface area contributed by atoms with Crippen molar-refractivity contribution in [2.75, 3.05) is 19.6 Å². The van der Waals surface area contributed by atoms with Crippen molar-refractivity contribution < 1.29 is 35.2 Å². The average molecular weight is 637 g/mol. The molecule has 4 atom stereocenters. The molecule has 46 heavy (non-hydrogen) atoms. The lowest BCUT2D eigenvalue weighted by molar-refractivity contribution is -0.128. The van der Waals surface area contributed by atoms with Gasteiger partial charge in [-0.05, 0) is 67.7 Å². The highest BCUT2D eigenvalue weighted by atomic mass is 16.5. The Hall–Kier alpha value is -4.37. The number of aryl methyl sites for hydroxylation is 2. The topological polar surface area (TPSA) is 120 Å². The van der Waals surface area contributed by atoms with Gasteiger partial charge in [0.25, 0.3) is 5.91 Å². The number of para-hydroxylation sites is 1. The molecule has 9 heteroatoms. The number of urea groups is 1. The summed E-state index contributed by atoms with van der Waals surface area (Å²) in [5.74, 6) is -2.59. The Morgan fingerprint density at radius 3 is 2.17 bits per heavy atom. The van der Waals surface area contributed by atoms with E-state index >= 15 is 0 Å². The Balaban J connectivity index is 1.65. The van der Waals surface area contributed by atoms with Crippen LogP contribution in [0, 0.1) is 19.8 Å². The molecule has 1 fully saturated rings. The Morgan fingerprint density at radius 2 is 1.57 bits per heavy atom. The normalized spacial score (nSPS) is 22.0.